The second kappa shape index (κ2) is 6.22. The van der Waals surface area contributed by atoms with Crippen molar-refractivity contribution in [3.05, 3.63) is 52.6 Å². The van der Waals surface area contributed by atoms with Crippen molar-refractivity contribution in [3.8, 4) is 0 Å². The molecule has 0 N–H and O–H groups in total. The first kappa shape index (κ1) is 16.1. The minimum atomic E-state index is -1.79. The molecule has 0 amide bonds. The number of halogens is 3. The zero-order valence-electron chi connectivity index (χ0n) is 10.7. The molecule has 1 heterocycles. The number of nitro benzene ring substituents is 1. The number of alkyl halides is 3. The third-order valence-electron chi connectivity index (χ3n) is 2.96. The molecule has 21 heavy (non-hydrogen) atoms. The Balaban J connectivity index is 2.33. The van der Waals surface area contributed by atoms with Crippen LogP contribution in [-0.2, 0) is 4.74 Å². The summed E-state index contributed by atoms with van der Waals surface area (Å²) in [6.07, 6.45) is 1.59. The van der Waals surface area contributed by atoms with Crippen molar-refractivity contribution >= 4 is 46.4 Å². The lowest BCUT2D eigenvalue weighted by Gasteiger charge is -2.30. The quantitative estimate of drug-likeness (QED) is 0.352. The Kier molecular flexibility index (Phi) is 4.76. The molecule has 0 aromatic heterocycles. The average molecular weight is 350 g/mol. The van der Waals surface area contributed by atoms with E-state index in [1.54, 1.807) is 18.2 Å². The van der Waals surface area contributed by atoms with Gasteiger partial charge in [-0.05, 0) is 5.56 Å². The van der Waals surface area contributed by atoms with Crippen molar-refractivity contribution in [3.63, 3.8) is 0 Å². The van der Waals surface area contributed by atoms with Crippen LogP contribution in [0.25, 0.3) is 0 Å². The lowest BCUT2D eigenvalue weighted by Crippen LogP contribution is -2.31. The Morgan fingerprint density at radius 3 is 2.76 bits per heavy atom. The maximum absolute atomic E-state index is 10.8. The third-order valence-corrected chi connectivity index (χ3v) is 3.44. The van der Waals surface area contributed by atoms with Gasteiger partial charge in [0.05, 0.1) is 11.0 Å². The normalized spacial score (nSPS) is 22.1. The number of aliphatic imine (C=N–C) groups is 1. The van der Waals surface area contributed by atoms with Gasteiger partial charge in [-0.15, -0.1) is 6.58 Å². The van der Waals surface area contributed by atoms with Crippen molar-refractivity contribution < 1.29 is 9.66 Å². The largest absolute Gasteiger partial charge is 0.470 e. The minimum Gasteiger partial charge on any atom is -0.470 e. The van der Waals surface area contributed by atoms with E-state index in [4.69, 9.17) is 39.5 Å². The monoisotopic (exact) mass is 348 g/mol. The topological polar surface area (TPSA) is 64.7 Å². The van der Waals surface area contributed by atoms with E-state index in [9.17, 15) is 10.1 Å². The predicted molar refractivity (Wildman–Crippen MR) is 83.2 cm³/mol. The molecule has 0 saturated carbocycles. The van der Waals surface area contributed by atoms with Crippen LogP contribution in [0, 0.1) is 10.1 Å². The lowest BCUT2D eigenvalue weighted by atomic mass is 10.0. The summed E-state index contributed by atoms with van der Waals surface area (Å²) in [7, 11) is 0. The number of nitro groups is 1. The number of rotatable bonds is 3. The number of hydrogen-bond acceptors (Lipinski definition) is 4. The van der Waals surface area contributed by atoms with Gasteiger partial charge in [-0.25, -0.2) is 4.99 Å². The maximum atomic E-state index is 10.8. The van der Waals surface area contributed by atoms with Gasteiger partial charge in [0.1, 0.15) is 6.10 Å². The Morgan fingerprint density at radius 1 is 1.48 bits per heavy atom. The summed E-state index contributed by atoms with van der Waals surface area (Å²) in [5, 5.41) is 10.8. The summed E-state index contributed by atoms with van der Waals surface area (Å²) in [5.41, 5.74) is 0.599. The van der Waals surface area contributed by atoms with E-state index in [2.05, 4.69) is 11.6 Å². The highest BCUT2D eigenvalue weighted by Gasteiger charge is 2.37. The second-order valence-corrected chi connectivity index (χ2v) is 6.71. The van der Waals surface area contributed by atoms with Gasteiger partial charge in [-0.1, -0.05) is 53.0 Å². The van der Waals surface area contributed by atoms with Gasteiger partial charge in [0.25, 0.3) is 9.48 Å². The highest BCUT2D eigenvalue weighted by Crippen LogP contribution is 2.37. The van der Waals surface area contributed by atoms with Crippen molar-refractivity contribution in [2.45, 2.75) is 22.4 Å². The third kappa shape index (κ3) is 3.87. The molecular formula is C13H11Cl3N2O3. The van der Waals surface area contributed by atoms with Gasteiger partial charge in [0, 0.05) is 18.6 Å². The molecule has 1 aromatic rings. The second-order valence-electron chi connectivity index (χ2n) is 4.43. The molecule has 0 aliphatic carbocycles. The zero-order valence-corrected chi connectivity index (χ0v) is 13.0. The van der Waals surface area contributed by atoms with Crippen LogP contribution in [0.5, 0.6) is 0 Å². The average Bonchev–Trinajstić information content (AvgIpc) is 2.46. The molecule has 8 heteroatoms. The Hall–Kier alpha value is -1.30. The van der Waals surface area contributed by atoms with E-state index >= 15 is 0 Å². The Morgan fingerprint density at radius 2 is 2.19 bits per heavy atom. The summed E-state index contributed by atoms with van der Waals surface area (Å²) in [6.45, 7) is 3.67. The van der Waals surface area contributed by atoms with Gasteiger partial charge >= 0.3 is 0 Å². The molecule has 1 aliphatic heterocycles. The van der Waals surface area contributed by atoms with E-state index in [-0.39, 0.29) is 17.6 Å². The molecule has 1 aromatic carbocycles. The molecular weight excluding hydrogens is 339 g/mol. The summed E-state index contributed by atoms with van der Waals surface area (Å²) in [5.74, 6) is -0.0415. The first-order valence-electron chi connectivity index (χ1n) is 6.00. The van der Waals surface area contributed by atoms with Gasteiger partial charge in [-0.2, -0.15) is 0 Å². The van der Waals surface area contributed by atoms with Crippen LogP contribution in [-0.4, -0.2) is 20.7 Å². The highest BCUT2D eigenvalue weighted by molar-refractivity contribution is 6.76. The van der Waals surface area contributed by atoms with Crippen molar-refractivity contribution in [1.82, 2.24) is 0 Å². The van der Waals surface area contributed by atoms with Crippen LogP contribution >= 0.6 is 34.8 Å². The molecule has 112 valence electrons. The summed E-state index contributed by atoms with van der Waals surface area (Å²) < 4.78 is 3.80. The van der Waals surface area contributed by atoms with Gasteiger partial charge < -0.3 is 4.74 Å². The number of hydrogen-bond donors (Lipinski definition) is 0. The van der Waals surface area contributed by atoms with Crippen molar-refractivity contribution in [2.75, 3.05) is 0 Å². The van der Waals surface area contributed by atoms with Crippen LogP contribution < -0.4 is 0 Å². The number of ether oxygens (including phenoxy) is 1. The fourth-order valence-electron chi connectivity index (χ4n) is 1.97. The molecule has 0 saturated heterocycles. The van der Waals surface area contributed by atoms with Crippen LogP contribution in [0.2, 0.25) is 0 Å². The highest BCUT2D eigenvalue weighted by atomic mass is 35.6. The first-order valence-corrected chi connectivity index (χ1v) is 7.13. The van der Waals surface area contributed by atoms with Gasteiger partial charge in [0.2, 0.25) is 5.90 Å². The molecule has 5 nitrogen and oxygen atoms in total. The minimum absolute atomic E-state index is 0.0239. The lowest BCUT2D eigenvalue weighted by molar-refractivity contribution is -0.385. The van der Waals surface area contributed by atoms with E-state index in [1.807, 2.05) is 0 Å². The van der Waals surface area contributed by atoms with Crippen molar-refractivity contribution in [1.29, 1.82) is 0 Å². The van der Waals surface area contributed by atoms with Crippen LogP contribution in [0.15, 0.2) is 41.9 Å². The number of non-ortho nitro benzene ring substituents is 1. The summed E-state index contributed by atoms with van der Waals surface area (Å²) in [4.78, 5) is 14.5. The van der Waals surface area contributed by atoms with Crippen LogP contribution in [0.3, 0.4) is 0 Å². The van der Waals surface area contributed by atoms with E-state index in [1.165, 1.54) is 12.1 Å². The zero-order chi connectivity index (χ0) is 15.6. The molecule has 2 atom stereocenters. The molecule has 0 radical (unpaired) electrons. The molecule has 0 spiro atoms. The molecule has 2 unspecified atom stereocenters. The predicted octanol–water partition coefficient (Wildman–Crippen LogP) is 4.38. The van der Waals surface area contributed by atoms with Crippen LogP contribution in [0.4, 0.5) is 5.69 Å². The fourth-order valence-corrected chi connectivity index (χ4v) is 2.25. The number of benzene rings is 1. The van der Waals surface area contributed by atoms with E-state index in [0.29, 0.717) is 12.0 Å². The molecule has 1 aliphatic rings. The van der Waals surface area contributed by atoms with Crippen molar-refractivity contribution in [2.24, 2.45) is 4.99 Å². The Labute approximate surface area is 136 Å². The summed E-state index contributed by atoms with van der Waals surface area (Å²) >= 11 is 17.4. The molecule has 0 fully saturated rings. The maximum Gasteiger partial charge on any atom is 0.269 e. The summed E-state index contributed by atoms with van der Waals surface area (Å²) in [6, 6.07) is 5.86. The van der Waals surface area contributed by atoms with E-state index < -0.39 is 14.8 Å². The molecule has 2 rings (SSSR count). The Bertz CT molecular complexity index is 599. The SMILES string of the molecule is C=CC1CC(c2cccc([N+](=O)[O-])c2)OC(C(Cl)(Cl)Cl)=N1. The first-order chi connectivity index (χ1) is 9.81. The van der Waals surface area contributed by atoms with Crippen LogP contribution in [0.1, 0.15) is 18.1 Å². The fraction of sp³-hybridized carbons (Fsp3) is 0.308. The standard InChI is InChI=1S/C13H11Cl3N2O3/c1-2-9-7-11(21-12(17-9)13(14,15)16)8-4-3-5-10(6-8)18(19)20/h2-6,9,11H,1,7H2. The smallest absolute Gasteiger partial charge is 0.269 e. The molecule has 0 bridgehead atoms. The number of nitrogens with zero attached hydrogens (tertiary/aromatic N) is 2. The van der Waals surface area contributed by atoms with Gasteiger partial charge in [-0.3, -0.25) is 10.1 Å². The van der Waals surface area contributed by atoms with E-state index in [0.717, 1.165) is 0 Å². The van der Waals surface area contributed by atoms with Gasteiger partial charge in [0.15, 0.2) is 0 Å².